The molecule has 0 N–H and O–H groups in total. The van der Waals surface area contributed by atoms with Gasteiger partial charge >= 0.3 is 5.97 Å². The number of hydrogen-bond donors (Lipinski definition) is 0. The molecule has 0 saturated heterocycles. The number of carbonyl (C=O) groups is 2. The summed E-state index contributed by atoms with van der Waals surface area (Å²) in [6.45, 7) is 0. The van der Waals surface area contributed by atoms with Gasteiger partial charge in [0.2, 0.25) is 0 Å². The molecule has 0 saturated carbocycles. The van der Waals surface area contributed by atoms with Crippen molar-refractivity contribution in [2.75, 3.05) is 28.4 Å². The van der Waals surface area contributed by atoms with Gasteiger partial charge in [0.25, 0.3) is 0 Å². The van der Waals surface area contributed by atoms with Gasteiger partial charge in [-0.25, -0.2) is 0 Å². The highest BCUT2D eigenvalue weighted by molar-refractivity contribution is 6.14. The summed E-state index contributed by atoms with van der Waals surface area (Å²) >= 11 is 0. The van der Waals surface area contributed by atoms with Crippen LogP contribution in [0, 0.1) is 5.92 Å². The van der Waals surface area contributed by atoms with E-state index in [1.54, 1.807) is 31.4 Å². The predicted octanol–water partition coefficient (Wildman–Crippen LogP) is 2.83. The number of rotatable bonds is 5. The van der Waals surface area contributed by atoms with Gasteiger partial charge in [0, 0.05) is 23.1 Å². The highest BCUT2D eigenvalue weighted by Gasteiger charge is 2.47. The summed E-state index contributed by atoms with van der Waals surface area (Å²) < 4.78 is 20.9. The van der Waals surface area contributed by atoms with Crippen LogP contribution in [0.5, 0.6) is 17.2 Å². The number of fused-ring (bicyclic) bond motifs is 1. The molecule has 0 aromatic heterocycles. The first kappa shape index (κ1) is 17.8. The van der Waals surface area contributed by atoms with Crippen molar-refractivity contribution in [1.29, 1.82) is 0 Å². The highest BCUT2D eigenvalue weighted by Crippen LogP contribution is 2.48. The monoisotopic (exact) mass is 356 g/mol. The van der Waals surface area contributed by atoms with Gasteiger partial charge in [-0.05, 0) is 23.8 Å². The molecule has 0 radical (unpaired) electrons. The van der Waals surface area contributed by atoms with Crippen molar-refractivity contribution in [3.63, 3.8) is 0 Å². The van der Waals surface area contributed by atoms with Crippen molar-refractivity contribution >= 4 is 11.8 Å². The Bertz CT molecular complexity index is 840. The van der Waals surface area contributed by atoms with Crippen LogP contribution in [0.25, 0.3) is 0 Å². The first-order chi connectivity index (χ1) is 12.5. The molecule has 6 heteroatoms. The van der Waals surface area contributed by atoms with E-state index in [1.165, 1.54) is 21.3 Å². The summed E-state index contributed by atoms with van der Waals surface area (Å²) in [6, 6.07) is 10.6. The van der Waals surface area contributed by atoms with E-state index < -0.39 is 17.8 Å². The third kappa shape index (κ3) is 2.77. The molecule has 2 aromatic rings. The van der Waals surface area contributed by atoms with E-state index in [0.29, 0.717) is 28.4 Å². The van der Waals surface area contributed by atoms with Crippen molar-refractivity contribution < 1.29 is 28.5 Å². The zero-order valence-electron chi connectivity index (χ0n) is 15.1. The number of ether oxygens (including phenoxy) is 4. The summed E-state index contributed by atoms with van der Waals surface area (Å²) in [5.41, 5.74) is 1.88. The summed E-state index contributed by atoms with van der Waals surface area (Å²) in [6.07, 6.45) is 0. The quantitative estimate of drug-likeness (QED) is 0.606. The van der Waals surface area contributed by atoms with Gasteiger partial charge in [0.1, 0.15) is 23.2 Å². The van der Waals surface area contributed by atoms with Gasteiger partial charge in [0.05, 0.1) is 28.4 Å². The fourth-order valence-corrected chi connectivity index (χ4v) is 3.44. The van der Waals surface area contributed by atoms with Gasteiger partial charge in [0.15, 0.2) is 5.78 Å². The van der Waals surface area contributed by atoms with Gasteiger partial charge in [-0.1, -0.05) is 12.1 Å². The fourth-order valence-electron chi connectivity index (χ4n) is 3.44. The normalized spacial score (nSPS) is 18.2. The molecule has 3 rings (SSSR count). The van der Waals surface area contributed by atoms with Crippen LogP contribution in [0.4, 0.5) is 0 Å². The number of carbonyl (C=O) groups excluding carboxylic acids is 2. The number of methoxy groups -OCH3 is 4. The van der Waals surface area contributed by atoms with Crippen LogP contribution >= 0.6 is 0 Å². The van der Waals surface area contributed by atoms with Crippen LogP contribution in [-0.2, 0) is 9.53 Å². The van der Waals surface area contributed by atoms with Crippen molar-refractivity contribution in [1.82, 2.24) is 0 Å². The molecule has 1 aliphatic carbocycles. The Morgan fingerprint density at radius 1 is 0.885 bits per heavy atom. The van der Waals surface area contributed by atoms with E-state index in [-0.39, 0.29) is 5.78 Å². The summed E-state index contributed by atoms with van der Waals surface area (Å²) in [7, 11) is 5.90. The van der Waals surface area contributed by atoms with Crippen LogP contribution in [0.1, 0.15) is 27.4 Å². The minimum absolute atomic E-state index is 0.301. The van der Waals surface area contributed by atoms with Gasteiger partial charge in [-0.2, -0.15) is 0 Å². The lowest BCUT2D eigenvalue weighted by atomic mass is 9.85. The number of esters is 1. The SMILES string of the molecule is COC(=O)[C@H]1C(=O)c2cc(OC)cc(OC)c2[C@@H]1c1ccc(OC)cc1. The van der Waals surface area contributed by atoms with Gasteiger partial charge in [-0.3, -0.25) is 9.59 Å². The maximum absolute atomic E-state index is 13.0. The largest absolute Gasteiger partial charge is 0.497 e. The summed E-state index contributed by atoms with van der Waals surface area (Å²) in [4.78, 5) is 25.4. The zero-order valence-corrected chi connectivity index (χ0v) is 15.1. The van der Waals surface area contributed by atoms with E-state index in [0.717, 1.165) is 5.56 Å². The third-order valence-electron chi connectivity index (χ3n) is 4.69. The first-order valence-electron chi connectivity index (χ1n) is 8.07. The van der Waals surface area contributed by atoms with Crippen molar-refractivity contribution in [3.8, 4) is 17.2 Å². The molecule has 0 heterocycles. The van der Waals surface area contributed by atoms with E-state index in [2.05, 4.69) is 0 Å². The molecule has 0 fully saturated rings. The van der Waals surface area contributed by atoms with Gasteiger partial charge < -0.3 is 18.9 Å². The second-order valence-electron chi connectivity index (χ2n) is 5.91. The molecule has 1 aliphatic rings. The summed E-state index contributed by atoms with van der Waals surface area (Å²) in [5.74, 6) is -0.665. The molecule has 6 nitrogen and oxygen atoms in total. The molecule has 0 bridgehead atoms. The molecule has 26 heavy (non-hydrogen) atoms. The topological polar surface area (TPSA) is 71.1 Å². The van der Waals surface area contributed by atoms with Crippen LogP contribution in [0.3, 0.4) is 0 Å². The molecule has 0 amide bonds. The molecular weight excluding hydrogens is 336 g/mol. The van der Waals surface area contributed by atoms with Crippen LogP contribution < -0.4 is 14.2 Å². The Morgan fingerprint density at radius 3 is 2.08 bits per heavy atom. The Hall–Kier alpha value is -3.02. The molecule has 0 aliphatic heterocycles. The van der Waals surface area contributed by atoms with Crippen LogP contribution in [-0.4, -0.2) is 40.2 Å². The highest BCUT2D eigenvalue weighted by atomic mass is 16.5. The van der Waals surface area contributed by atoms with Crippen LogP contribution in [0.2, 0.25) is 0 Å². The number of Topliss-reactive ketones (excluding diaryl/α,β-unsaturated/α-hetero) is 1. The molecule has 0 spiro atoms. The number of benzene rings is 2. The number of ketones is 1. The lowest BCUT2D eigenvalue weighted by molar-refractivity contribution is -0.143. The zero-order chi connectivity index (χ0) is 18.8. The Labute approximate surface area is 151 Å². The minimum Gasteiger partial charge on any atom is -0.497 e. The maximum Gasteiger partial charge on any atom is 0.317 e. The lowest BCUT2D eigenvalue weighted by Crippen LogP contribution is -2.26. The molecular formula is C20H20O6. The molecule has 136 valence electrons. The average Bonchev–Trinajstić information content (AvgIpc) is 2.99. The fraction of sp³-hybridized carbons (Fsp3) is 0.300. The number of hydrogen-bond acceptors (Lipinski definition) is 6. The van der Waals surface area contributed by atoms with Crippen LogP contribution in [0.15, 0.2) is 36.4 Å². The first-order valence-corrected chi connectivity index (χ1v) is 8.07. The van der Waals surface area contributed by atoms with E-state index in [4.69, 9.17) is 18.9 Å². The Balaban J connectivity index is 2.22. The van der Waals surface area contributed by atoms with E-state index in [1.807, 2.05) is 12.1 Å². The molecule has 2 aromatic carbocycles. The van der Waals surface area contributed by atoms with Gasteiger partial charge in [-0.15, -0.1) is 0 Å². The van der Waals surface area contributed by atoms with Crippen molar-refractivity contribution in [3.05, 3.63) is 53.1 Å². The lowest BCUT2D eigenvalue weighted by Gasteiger charge is -2.20. The maximum atomic E-state index is 13.0. The molecule has 0 unspecified atom stereocenters. The van der Waals surface area contributed by atoms with E-state index in [9.17, 15) is 9.59 Å². The minimum atomic E-state index is -0.968. The Morgan fingerprint density at radius 2 is 1.54 bits per heavy atom. The smallest absolute Gasteiger partial charge is 0.317 e. The Kier molecular flexibility index (Phi) is 4.84. The van der Waals surface area contributed by atoms with E-state index >= 15 is 0 Å². The van der Waals surface area contributed by atoms with Crippen molar-refractivity contribution in [2.24, 2.45) is 5.92 Å². The standard InChI is InChI=1S/C20H20O6/c1-23-12-7-5-11(6-8-12)16-17-14(19(21)18(16)20(22)26-4)9-13(24-2)10-15(17)25-3/h5-10,16,18H,1-4H3/t16-,18+/m0/s1. The molecule has 2 atom stereocenters. The summed E-state index contributed by atoms with van der Waals surface area (Å²) in [5, 5.41) is 0. The second-order valence-corrected chi connectivity index (χ2v) is 5.91. The second kappa shape index (κ2) is 7.07. The van der Waals surface area contributed by atoms with Crippen molar-refractivity contribution in [2.45, 2.75) is 5.92 Å². The average molecular weight is 356 g/mol. The third-order valence-corrected chi connectivity index (χ3v) is 4.69. The predicted molar refractivity (Wildman–Crippen MR) is 94.2 cm³/mol.